The van der Waals surface area contributed by atoms with Gasteiger partial charge in [0.05, 0.1) is 0 Å². The molecule has 0 aromatic heterocycles. The van der Waals surface area contributed by atoms with Crippen LogP contribution in [-0.2, 0) is 4.79 Å². The van der Waals surface area contributed by atoms with Gasteiger partial charge < -0.3 is 9.90 Å². The zero-order chi connectivity index (χ0) is 10.4. The van der Waals surface area contributed by atoms with Crippen LogP contribution in [-0.4, -0.2) is 10.3 Å². The van der Waals surface area contributed by atoms with E-state index >= 15 is 0 Å². The molecule has 13 heavy (non-hydrogen) atoms. The summed E-state index contributed by atoms with van der Waals surface area (Å²) in [5.74, 6) is -1.35. The molecule has 0 amide bonds. The molecule has 2 nitrogen and oxygen atoms in total. The second-order valence-electron chi connectivity index (χ2n) is 4.50. The normalized spacial score (nSPS) is 31.5. The first kappa shape index (κ1) is 11.1. The largest absolute Gasteiger partial charge is 0.550 e. The number of hydrogen-bond donors (Lipinski definition) is 0. The number of carbonyl (C=O) groups is 1. The summed E-state index contributed by atoms with van der Waals surface area (Å²) in [5, 5.41) is 10.7. The Morgan fingerprint density at radius 1 is 1.54 bits per heavy atom. The van der Waals surface area contributed by atoms with Crippen molar-refractivity contribution in [1.82, 2.24) is 0 Å². The van der Waals surface area contributed by atoms with Gasteiger partial charge in [0, 0.05) is 11.9 Å². The molecule has 0 aromatic rings. The second kappa shape index (κ2) is 3.03. The molecule has 1 aliphatic carbocycles. The molecule has 1 rings (SSSR count). The van der Waals surface area contributed by atoms with Crippen LogP contribution in [0.1, 0.15) is 27.2 Å². The maximum Gasteiger partial charge on any atom is 0.115 e. The Labute approximate surface area is 88.2 Å². The highest BCUT2D eigenvalue weighted by atomic mass is 35.5. The summed E-state index contributed by atoms with van der Waals surface area (Å²) in [5.41, 5.74) is -0.218. The van der Waals surface area contributed by atoms with Gasteiger partial charge in [0.1, 0.15) is 4.33 Å². The average Bonchev–Trinajstić information content (AvgIpc) is 2.28. The molecule has 0 heterocycles. The molecule has 76 valence electrons. The standard InChI is InChI=1S/C9H14Cl2O2/c1-8(2)5(4-9(3,10)11)6(8)7(12)13/h5-6H,4H2,1-3H3,(H,12,13)/p-1. The van der Waals surface area contributed by atoms with E-state index in [-0.39, 0.29) is 11.3 Å². The van der Waals surface area contributed by atoms with Gasteiger partial charge in [0.25, 0.3) is 0 Å². The third-order valence-corrected chi connectivity index (χ3v) is 3.19. The highest BCUT2D eigenvalue weighted by molar-refractivity contribution is 6.48. The number of carboxylic acid groups (broad SMARTS) is 1. The van der Waals surface area contributed by atoms with Gasteiger partial charge in [-0.05, 0) is 24.7 Å². The van der Waals surface area contributed by atoms with Crippen LogP contribution < -0.4 is 5.11 Å². The van der Waals surface area contributed by atoms with Crippen LogP contribution in [0.15, 0.2) is 0 Å². The highest BCUT2D eigenvalue weighted by Crippen LogP contribution is 2.61. The molecule has 0 bridgehead atoms. The summed E-state index contributed by atoms with van der Waals surface area (Å²) in [6.07, 6.45) is 0.502. The maximum absolute atomic E-state index is 10.7. The first-order valence-corrected chi connectivity index (χ1v) is 5.00. The van der Waals surface area contributed by atoms with Crippen LogP contribution >= 0.6 is 23.2 Å². The lowest BCUT2D eigenvalue weighted by Gasteiger charge is -2.13. The Morgan fingerprint density at radius 3 is 2.23 bits per heavy atom. The predicted octanol–water partition coefficient (Wildman–Crippen LogP) is 1.59. The molecule has 0 aromatic carbocycles. The van der Waals surface area contributed by atoms with Crippen molar-refractivity contribution in [2.45, 2.75) is 31.5 Å². The Balaban J connectivity index is 2.61. The Morgan fingerprint density at radius 2 is 2.00 bits per heavy atom. The van der Waals surface area contributed by atoms with E-state index in [1.807, 2.05) is 13.8 Å². The van der Waals surface area contributed by atoms with Gasteiger partial charge in [-0.3, -0.25) is 0 Å². The van der Waals surface area contributed by atoms with Crippen molar-refractivity contribution in [2.75, 3.05) is 0 Å². The zero-order valence-electron chi connectivity index (χ0n) is 7.93. The van der Waals surface area contributed by atoms with Crippen LogP contribution in [0.3, 0.4) is 0 Å². The third kappa shape index (κ3) is 2.29. The van der Waals surface area contributed by atoms with E-state index in [2.05, 4.69) is 0 Å². The van der Waals surface area contributed by atoms with Crippen molar-refractivity contribution in [2.24, 2.45) is 17.3 Å². The van der Waals surface area contributed by atoms with Gasteiger partial charge in [-0.2, -0.15) is 0 Å². The van der Waals surface area contributed by atoms with Crippen LogP contribution in [0.4, 0.5) is 0 Å². The molecular weight excluding hydrogens is 211 g/mol. The van der Waals surface area contributed by atoms with Gasteiger partial charge in [-0.15, -0.1) is 23.2 Å². The molecule has 0 radical (unpaired) electrons. The van der Waals surface area contributed by atoms with Crippen molar-refractivity contribution in [1.29, 1.82) is 0 Å². The van der Waals surface area contributed by atoms with Gasteiger partial charge in [-0.25, -0.2) is 0 Å². The van der Waals surface area contributed by atoms with E-state index in [1.54, 1.807) is 6.92 Å². The monoisotopic (exact) mass is 223 g/mol. The molecule has 0 aliphatic heterocycles. The first-order chi connectivity index (χ1) is 5.66. The van der Waals surface area contributed by atoms with E-state index in [0.29, 0.717) is 6.42 Å². The van der Waals surface area contributed by atoms with Crippen molar-refractivity contribution < 1.29 is 9.90 Å². The van der Waals surface area contributed by atoms with E-state index in [1.165, 1.54) is 0 Å². The SMILES string of the molecule is CC(Cl)(Cl)CC1C(C(=O)[O-])C1(C)C. The van der Waals surface area contributed by atoms with Crippen LogP contribution in [0.25, 0.3) is 0 Å². The van der Waals surface area contributed by atoms with Crippen molar-refractivity contribution >= 4 is 29.2 Å². The van der Waals surface area contributed by atoms with Gasteiger partial charge in [-0.1, -0.05) is 13.8 Å². The smallest absolute Gasteiger partial charge is 0.115 e. The fourth-order valence-corrected chi connectivity index (χ4v) is 2.31. The number of halogens is 2. The summed E-state index contributed by atoms with van der Waals surface area (Å²) in [7, 11) is 0. The quantitative estimate of drug-likeness (QED) is 0.683. The molecule has 2 atom stereocenters. The second-order valence-corrected chi connectivity index (χ2v) is 6.36. The lowest BCUT2D eigenvalue weighted by molar-refractivity contribution is -0.309. The molecule has 1 aliphatic rings. The fraction of sp³-hybridized carbons (Fsp3) is 0.889. The predicted molar refractivity (Wildman–Crippen MR) is 50.5 cm³/mol. The number of alkyl halides is 2. The summed E-state index contributed by atoms with van der Waals surface area (Å²) in [6.45, 7) is 5.48. The molecule has 0 spiro atoms. The fourth-order valence-electron chi connectivity index (χ4n) is 1.98. The van der Waals surface area contributed by atoms with Gasteiger partial charge >= 0.3 is 0 Å². The summed E-state index contributed by atoms with van der Waals surface area (Å²) in [6, 6.07) is 0. The van der Waals surface area contributed by atoms with Crippen LogP contribution in [0.2, 0.25) is 0 Å². The number of rotatable bonds is 3. The molecule has 1 saturated carbocycles. The number of aliphatic carboxylic acids is 1. The minimum atomic E-state index is -0.993. The van der Waals surface area contributed by atoms with Crippen molar-refractivity contribution in [3.63, 3.8) is 0 Å². The Kier molecular flexibility index (Phi) is 2.59. The Bertz CT molecular complexity index is 230. The first-order valence-electron chi connectivity index (χ1n) is 4.25. The minimum absolute atomic E-state index is 0.0394. The topological polar surface area (TPSA) is 40.1 Å². The van der Waals surface area contributed by atoms with Gasteiger partial charge in [0.2, 0.25) is 0 Å². The minimum Gasteiger partial charge on any atom is -0.550 e. The van der Waals surface area contributed by atoms with Crippen molar-refractivity contribution in [3.05, 3.63) is 0 Å². The summed E-state index contributed by atoms with van der Waals surface area (Å²) < 4.78 is -0.841. The lowest BCUT2D eigenvalue weighted by atomic mass is 10.1. The van der Waals surface area contributed by atoms with Gasteiger partial charge in [0.15, 0.2) is 0 Å². The molecule has 0 N–H and O–H groups in total. The summed E-state index contributed by atoms with van der Waals surface area (Å²) >= 11 is 11.6. The molecular formula is C9H13Cl2O2-. The molecule has 4 heteroatoms. The van der Waals surface area contributed by atoms with E-state index < -0.39 is 16.2 Å². The average molecular weight is 224 g/mol. The van der Waals surface area contributed by atoms with Crippen molar-refractivity contribution in [3.8, 4) is 0 Å². The third-order valence-electron chi connectivity index (χ3n) is 2.88. The van der Waals surface area contributed by atoms with Crippen LogP contribution in [0, 0.1) is 17.3 Å². The number of hydrogen-bond acceptors (Lipinski definition) is 2. The Hall–Kier alpha value is 0.0500. The number of carboxylic acids is 1. The van der Waals surface area contributed by atoms with E-state index in [4.69, 9.17) is 23.2 Å². The maximum atomic E-state index is 10.7. The molecule has 0 saturated heterocycles. The molecule has 2 unspecified atom stereocenters. The zero-order valence-corrected chi connectivity index (χ0v) is 9.45. The molecule has 1 fully saturated rings. The number of carbonyl (C=O) groups excluding carboxylic acids is 1. The van der Waals surface area contributed by atoms with E-state index in [0.717, 1.165) is 0 Å². The highest BCUT2D eigenvalue weighted by Gasteiger charge is 2.59. The van der Waals surface area contributed by atoms with E-state index in [9.17, 15) is 9.90 Å². The lowest BCUT2D eigenvalue weighted by Crippen LogP contribution is -2.26. The van der Waals surface area contributed by atoms with Crippen LogP contribution in [0.5, 0.6) is 0 Å². The summed E-state index contributed by atoms with van der Waals surface area (Å²) in [4.78, 5) is 10.7.